The first-order valence-corrected chi connectivity index (χ1v) is 13.6. The van der Waals surface area contributed by atoms with E-state index in [0.717, 1.165) is 41.5 Å². The number of hydrogen-bond donors (Lipinski definition) is 0. The number of carbonyl (C=O) groups is 1. The highest BCUT2D eigenvalue weighted by Gasteiger charge is 2.43. The summed E-state index contributed by atoms with van der Waals surface area (Å²) in [7, 11) is 0. The van der Waals surface area contributed by atoms with Crippen molar-refractivity contribution in [3.05, 3.63) is 137 Å². The van der Waals surface area contributed by atoms with Crippen LogP contribution in [0.25, 0.3) is 0 Å². The lowest BCUT2D eigenvalue weighted by Crippen LogP contribution is -2.41. The van der Waals surface area contributed by atoms with Crippen LogP contribution >= 0.6 is 0 Å². The summed E-state index contributed by atoms with van der Waals surface area (Å²) >= 11 is 0. The van der Waals surface area contributed by atoms with Crippen molar-refractivity contribution in [2.75, 3.05) is 0 Å². The number of rotatable bonds is 10. The van der Waals surface area contributed by atoms with Crippen molar-refractivity contribution in [1.82, 2.24) is 0 Å². The molecule has 1 unspecified atom stereocenters. The van der Waals surface area contributed by atoms with Gasteiger partial charge in [-0.15, -0.1) is 0 Å². The van der Waals surface area contributed by atoms with E-state index in [1.807, 2.05) is 72.8 Å². The average molecular weight is 538 g/mol. The highest BCUT2D eigenvalue weighted by atomic mass is 19.1. The predicted octanol–water partition coefficient (Wildman–Crippen LogP) is 7.90. The van der Waals surface area contributed by atoms with E-state index in [-0.39, 0.29) is 11.8 Å². The minimum absolute atomic E-state index is 0.301. The summed E-state index contributed by atoms with van der Waals surface area (Å²) in [5.41, 5.74) is 2.72. The molecule has 4 aromatic carbocycles. The van der Waals surface area contributed by atoms with Crippen LogP contribution in [0.4, 0.5) is 4.39 Å². The quantitative estimate of drug-likeness (QED) is 0.0678. The molecule has 5 rings (SSSR count). The van der Waals surface area contributed by atoms with Crippen LogP contribution in [0.2, 0.25) is 0 Å². The molecule has 1 aliphatic rings. The van der Waals surface area contributed by atoms with Gasteiger partial charge in [0.15, 0.2) is 0 Å². The average Bonchev–Trinajstić information content (AvgIpc) is 3.01. The van der Waals surface area contributed by atoms with E-state index in [4.69, 9.17) is 14.3 Å². The molecule has 1 aliphatic carbocycles. The van der Waals surface area contributed by atoms with Crippen LogP contribution in [0, 0.1) is 5.82 Å². The van der Waals surface area contributed by atoms with Crippen LogP contribution in [-0.2, 0) is 26.4 Å². The molecule has 0 aliphatic heterocycles. The molecule has 0 spiro atoms. The zero-order chi connectivity index (χ0) is 27.6. The molecule has 4 aromatic rings. The first-order chi connectivity index (χ1) is 19.6. The van der Waals surface area contributed by atoms with Crippen molar-refractivity contribution < 1.29 is 23.5 Å². The molecule has 0 aromatic heterocycles. The third kappa shape index (κ3) is 6.82. The fraction of sp³-hybridized carbons (Fsp3) is 0.235. The second kappa shape index (κ2) is 13.2. The topological polar surface area (TPSA) is 57.1 Å². The summed E-state index contributed by atoms with van der Waals surface area (Å²) < 4.78 is 25.4. The Morgan fingerprint density at radius 3 is 2.15 bits per heavy atom. The number of nitrogens with zero attached hydrogens (tertiary/aromatic N) is 1. The Balaban J connectivity index is 1.23. The number of benzene rings is 4. The molecule has 0 heterocycles. The third-order valence-electron chi connectivity index (χ3n) is 7.26. The molecule has 0 bridgehead atoms. The van der Waals surface area contributed by atoms with Gasteiger partial charge in [-0.25, -0.2) is 4.39 Å². The van der Waals surface area contributed by atoms with Crippen molar-refractivity contribution >= 4 is 12.2 Å². The highest BCUT2D eigenvalue weighted by molar-refractivity contribution is 5.85. The Morgan fingerprint density at radius 1 is 0.825 bits per heavy atom. The van der Waals surface area contributed by atoms with Gasteiger partial charge in [0.05, 0.1) is 18.2 Å². The van der Waals surface area contributed by atoms with E-state index in [0.29, 0.717) is 25.2 Å². The normalized spacial score (nSPS) is 15.4. The molecule has 1 atom stereocenters. The second-order valence-corrected chi connectivity index (χ2v) is 9.99. The largest absolute Gasteiger partial charge is 0.426 e. The third-order valence-corrected chi connectivity index (χ3v) is 7.26. The Hall–Kier alpha value is -4.29. The molecule has 5 nitrogen and oxygen atoms in total. The molecule has 1 saturated carbocycles. The number of hydrogen-bond acceptors (Lipinski definition) is 5. The molecule has 1 fully saturated rings. The van der Waals surface area contributed by atoms with E-state index >= 15 is 0 Å². The van der Waals surface area contributed by atoms with Gasteiger partial charge in [0.25, 0.3) is 6.29 Å². The van der Waals surface area contributed by atoms with Crippen molar-refractivity contribution in [1.29, 1.82) is 0 Å². The predicted molar refractivity (Wildman–Crippen MR) is 152 cm³/mol. The minimum atomic E-state index is -0.758. The number of halogens is 1. The van der Waals surface area contributed by atoms with Gasteiger partial charge < -0.3 is 14.3 Å². The van der Waals surface area contributed by atoms with Crippen LogP contribution in [-0.4, -0.2) is 12.2 Å². The van der Waals surface area contributed by atoms with Gasteiger partial charge in [-0.1, -0.05) is 97.2 Å². The van der Waals surface area contributed by atoms with Crippen molar-refractivity contribution in [2.24, 2.45) is 5.16 Å². The van der Waals surface area contributed by atoms with Gasteiger partial charge in [0, 0.05) is 5.56 Å². The van der Waals surface area contributed by atoms with E-state index in [2.05, 4.69) is 5.16 Å². The lowest BCUT2D eigenvalue weighted by molar-refractivity contribution is -0.153. The van der Waals surface area contributed by atoms with Crippen LogP contribution in [0.5, 0.6) is 5.75 Å². The SMILES string of the molecule is O=C(Oc1ccc(C=NOC(OCc2ccccc2)c2ccccc2)cc1)C1(c2ccc(F)cc2)CCCCC1. The van der Waals surface area contributed by atoms with Crippen molar-refractivity contribution in [3.8, 4) is 5.75 Å². The lowest BCUT2D eigenvalue weighted by Gasteiger charge is -2.35. The summed E-state index contributed by atoms with van der Waals surface area (Å²) in [6.45, 7) is 0.384. The Kier molecular flexibility index (Phi) is 8.99. The van der Waals surface area contributed by atoms with E-state index in [1.54, 1.807) is 30.5 Å². The summed E-state index contributed by atoms with van der Waals surface area (Å²) in [6, 6.07) is 32.8. The van der Waals surface area contributed by atoms with Crippen LogP contribution in [0.3, 0.4) is 0 Å². The second-order valence-electron chi connectivity index (χ2n) is 9.99. The number of ether oxygens (including phenoxy) is 2. The highest BCUT2D eigenvalue weighted by Crippen LogP contribution is 2.41. The van der Waals surface area contributed by atoms with Gasteiger partial charge in [-0.2, -0.15) is 0 Å². The Labute approximate surface area is 234 Å². The first kappa shape index (κ1) is 27.3. The summed E-state index contributed by atoms with van der Waals surface area (Å²) in [5.74, 6) is -0.171. The Bertz CT molecular complexity index is 1380. The molecular weight excluding hydrogens is 505 g/mol. The maximum atomic E-state index is 13.5. The Morgan fingerprint density at radius 2 is 1.48 bits per heavy atom. The molecule has 40 heavy (non-hydrogen) atoms. The smallest absolute Gasteiger partial charge is 0.321 e. The van der Waals surface area contributed by atoms with Gasteiger partial charge in [-0.05, 0) is 65.9 Å². The molecular formula is C34H32FNO4. The van der Waals surface area contributed by atoms with Crippen molar-refractivity contribution in [3.63, 3.8) is 0 Å². The summed E-state index contributed by atoms with van der Waals surface area (Å²) in [6.07, 6.45) is 5.24. The number of carbonyl (C=O) groups excluding carboxylic acids is 1. The van der Waals surface area contributed by atoms with Crippen molar-refractivity contribution in [2.45, 2.75) is 50.4 Å². The molecule has 0 N–H and O–H groups in total. The van der Waals surface area contributed by atoms with E-state index < -0.39 is 11.7 Å². The zero-order valence-electron chi connectivity index (χ0n) is 22.2. The summed E-state index contributed by atoms with van der Waals surface area (Å²) in [4.78, 5) is 19.2. The van der Waals surface area contributed by atoms with Crippen LogP contribution in [0.15, 0.2) is 114 Å². The van der Waals surface area contributed by atoms with Gasteiger partial charge >= 0.3 is 5.97 Å². The van der Waals surface area contributed by atoms with Gasteiger partial charge in [0.1, 0.15) is 11.6 Å². The first-order valence-electron chi connectivity index (χ1n) is 13.6. The number of oxime groups is 1. The molecule has 0 saturated heterocycles. The maximum Gasteiger partial charge on any atom is 0.321 e. The van der Waals surface area contributed by atoms with Crippen LogP contribution in [0.1, 0.15) is 60.6 Å². The minimum Gasteiger partial charge on any atom is -0.426 e. The number of esters is 1. The zero-order valence-corrected chi connectivity index (χ0v) is 22.2. The van der Waals surface area contributed by atoms with Crippen LogP contribution < -0.4 is 4.74 Å². The molecule has 204 valence electrons. The molecule has 0 amide bonds. The van der Waals surface area contributed by atoms with E-state index in [9.17, 15) is 9.18 Å². The van der Waals surface area contributed by atoms with E-state index in [1.165, 1.54) is 12.1 Å². The summed E-state index contributed by atoms with van der Waals surface area (Å²) in [5, 5.41) is 4.16. The van der Waals surface area contributed by atoms with Gasteiger partial charge in [0.2, 0.25) is 0 Å². The maximum absolute atomic E-state index is 13.5. The molecule has 0 radical (unpaired) electrons. The fourth-order valence-corrected chi connectivity index (χ4v) is 5.05. The fourth-order valence-electron chi connectivity index (χ4n) is 5.05. The lowest BCUT2D eigenvalue weighted by atomic mass is 9.69. The van der Waals surface area contributed by atoms with Gasteiger partial charge in [-0.3, -0.25) is 4.79 Å². The standard InChI is InChI=1S/C34H32FNO4/c35-30-18-16-29(17-19-30)34(22-8-3-9-23-34)33(37)39-31-20-14-26(15-21-31)24-36-40-32(28-12-6-2-7-13-28)38-25-27-10-4-1-5-11-27/h1-2,4-7,10-21,24,32H,3,8-9,22-23,25H2. The monoisotopic (exact) mass is 537 g/mol. The molecule has 6 heteroatoms.